The Morgan fingerprint density at radius 3 is 2.82 bits per heavy atom. The summed E-state index contributed by atoms with van der Waals surface area (Å²) in [6, 6.07) is 5.26. The number of rotatable bonds is 2. The number of thiol groups is 1. The smallest absolute Gasteiger partial charge is 0.193 e. The van der Waals surface area contributed by atoms with Crippen LogP contribution in [0, 0.1) is 0 Å². The van der Waals surface area contributed by atoms with Gasteiger partial charge in [-0.25, -0.2) is 0 Å². The quantitative estimate of drug-likeness (QED) is 0.535. The molecule has 0 bridgehead atoms. The molecule has 58 valence electrons. The molecule has 0 amide bonds. The monoisotopic (exact) mass is 167 g/mol. The van der Waals surface area contributed by atoms with Crippen LogP contribution < -0.4 is 0 Å². The summed E-state index contributed by atoms with van der Waals surface area (Å²) in [5.74, 6) is -0.0334. The van der Waals surface area contributed by atoms with Gasteiger partial charge in [0.25, 0.3) is 0 Å². The predicted molar refractivity (Wildman–Crippen MR) is 47.0 cm³/mol. The summed E-state index contributed by atoms with van der Waals surface area (Å²) in [4.78, 5) is 15.1. The SMILES string of the molecule is CC(S)C(=O)c1ccccn1. The maximum absolute atomic E-state index is 11.2. The molecule has 3 heteroatoms. The van der Waals surface area contributed by atoms with E-state index in [-0.39, 0.29) is 11.0 Å². The molecule has 1 rings (SSSR count). The maximum atomic E-state index is 11.2. The molecule has 2 nitrogen and oxygen atoms in total. The molecule has 1 aromatic rings. The topological polar surface area (TPSA) is 30.0 Å². The van der Waals surface area contributed by atoms with Crippen LogP contribution in [0.1, 0.15) is 17.4 Å². The molecule has 0 radical (unpaired) electrons. The molecular weight excluding hydrogens is 158 g/mol. The first-order valence-corrected chi connectivity index (χ1v) is 3.87. The summed E-state index contributed by atoms with van der Waals surface area (Å²) in [7, 11) is 0. The molecule has 0 saturated carbocycles. The van der Waals surface area contributed by atoms with Crippen LogP contribution in [0.2, 0.25) is 0 Å². The zero-order valence-electron chi connectivity index (χ0n) is 6.19. The first-order chi connectivity index (χ1) is 5.22. The number of aromatic nitrogens is 1. The third-order valence-corrected chi connectivity index (χ3v) is 1.53. The van der Waals surface area contributed by atoms with Crippen LogP contribution in [0.15, 0.2) is 24.4 Å². The third-order valence-electron chi connectivity index (χ3n) is 1.30. The van der Waals surface area contributed by atoms with E-state index in [0.29, 0.717) is 5.69 Å². The minimum Gasteiger partial charge on any atom is -0.291 e. The molecule has 0 fully saturated rings. The molecular formula is C8H9NOS. The van der Waals surface area contributed by atoms with Crippen molar-refractivity contribution in [2.45, 2.75) is 12.2 Å². The number of ketones is 1. The Morgan fingerprint density at radius 1 is 1.64 bits per heavy atom. The van der Waals surface area contributed by atoms with E-state index in [9.17, 15) is 4.79 Å². The van der Waals surface area contributed by atoms with Crippen LogP contribution in [0.3, 0.4) is 0 Å². The second kappa shape index (κ2) is 3.53. The van der Waals surface area contributed by atoms with Crippen LogP contribution >= 0.6 is 12.6 Å². The molecule has 11 heavy (non-hydrogen) atoms. The molecule has 0 aromatic carbocycles. The van der Waals surface area contributed by atoms with Crippen molar-refractivity contribution in [1.29, 1.82) is 0 Å². The lowest BCUT2D eigenvalue weighted by molar-refractivity contribution is 0.0990. The molecule has 1 aromatic heterocycles. The first kappa shape index (κ1) is 8.27. The Morgan fingerprint density at radius 2 is 2.36 bits per heavy atom. The van der Waals surface area contributed by atoms with Gasteiger partial charge < -0.3 is 0 Å². The van der Waals surface area contributed by atoms with Gasteiger partial charge in [-0.15, -0.1) is 0 Å². The predicted octanol–water partition coefficient (Wildman–Crippen LogP) is 1.58. The van der Waals surface area contributed by atoms with Gasteiger partial charge in [0.1, 0.15) is 5.69 Å². The largest absolute Gasteiger partial charge is 0.291 e. The number of carbonyl (C=O) groups is 1. The highest BCUT2D eigenvalue weighted by Gasteiger charge is 2.10. The summed E-state index contributed by atoms with van der Waals surface area (Å²) < 4.78 is 0. The molecule has 0 saturated heterocycles. The van der Waals surface area contributed by atoms with Gasteiger partial charge in [0, 0.05) is 6.20 Å². The second-order valence-electron chi connectivity index (χ2n) is 2.26. The van der Waals surface area contributed by atoms with Crippen LogP contribution in [0.4, 0.5) is 0 Å². The first-order valence-electron chi connectivity index (χ1n) is 3.35. The molecule has 0 spiro atoms. The van der Waals surface area contributed by atoms with Gasteiger partial charge in [0.15, 0.2) is 5.78 Å². The fourth-order valence-electron chi connectivity index (χ4n) is 0.723. The fourth-order valence-corrected chi connectivity index (χ4v) is 0.855. The maximum Gasteiger partial charge on any atom is 0.193 e. The number of pyridine rings is 1. The van der Waals surface area contributed by atoms with E-state index in [2.05, 4.69) is 17.6 Å². The van der Waals surface area contributed by atoms with Crippen molar-refractivity contribution in [2.75, 3.05) is 0 Å². The minimum absolute atomic E-state index is 0.0334. The number of carbonyl (C=O) groups excluding carboxylic acids is 1. The molecule has 0 aliphatic heterocycles. The van der Waals surface area contributed by atoms with Crippen molar-refractivity contribution in [3.05, 3.63) is 30.1 Å². The zero-order chi connectivity index (χ0) is 8.27. The molecule has 0 aliphatic carbocycles. The second-order valence-corrected chi connectivity index (χ2v) is 3.03. The minimum atomic E-state index is -0.273. The average Bonchev–Trinajstić information content (AvgIpc) is 2.05. The Kier molecular flexibility index (Phi) is 2.65. The standard InChI is InChI=1S/C8H9NOS/c1-6(11)8(10)7-4-2-3-5-9-7/h2-6,11H,1H3. The van der Waals surface area contributed by atoms with E-state index in [1.807, 2.05) is 0 Å². The normalized spacial score (nSPS) is 12.5. The van der Waals surface area contributed by atoms with E-state index in [0.717, 1.165) is 0 Å². The van der Waals surface area contributed by atoms with Gasteiger partial charge in [-0.2, -0.15) is 12.6 Å². The van der Waals surface area contributed by atoms with Crippen molar-refractivity contribution >= 4 is 18.4 Å². The molecule has 1 atom stereocenters. The third kappa shape index (κ3) is 2.05. The number of hydrogen-bond donors (Lipinski definition) is 1. The number of Topliss-reactive ketones (excluding diaryl/α,β-unsaturated/α-hetero) is 1. The van der Waals surface area contributed by atoms with Crippen LogP contribution in [0.25, 0.3) is 0 Å². The van der Waals surface area contributed by atoms with Gasteiger partial charge in [-0.05, 0) is 19.1 Å². The van der Waals surface area contributed by atoms with E-state index >= 15 is 0 Å². The molecule has 1 heterocycles. The van der Waals surface area contributed by atoms with Gasteiger partial charge in [-0.3, -0.25) is 9.78 Å². The summed E-state index contributed by atoms with van der Waals surface area (Å²) in [5, 5.41) is -0.273. The zero-order valence-corrected chi connectivity index (χ0v) is 7.08. The van der Waals surface area contributed by atoms with Gasteiger partial charge in [-0.1, -0.05) is 6.07 Å². The van der Waals surface area contributed by atoms with E-state index < -0.39 is 0 Å². The van der Waals surface area contributed by atoms with Crippen LogP contribution in [-0.4, -0.2) is 16.0 Å². The van der Waals surface area contributed by atoms with Gasteiger partial charge in [0.05, 0.1) is 5.25 Å². The van der Waals surface area contributed by atoms with Crippen molar-refractivity contribution in [2.24, 2.45) is 0 Å². The summed E-state index contributed by atoms with van der Waals surface area (Å²) in [5.41, 5.74) is 0.481. The lowest BCUT2D eigenvalue weighted by Gasteiger charge is -2.00. The van der Waals surface area contributed by atoms with Gasteiger partial charge >= 0.3 is 0 Å². The summed E-state index contributed by atoms with van der Waals surface area (Å²) in [6.07, 6.45) is 1.60. The van der Waals surface area contributed by atoms with Crippen molar-refractivity contribution in [3.63, 3.8) is 0 Å². The van der Waals surface area contributed by atoms with Crippen LogP contribution in [0.5, 0.6) is 0 Å². The Bertz CT molecular complexity index is 246. The highest BCUT2D eigenvalue weighted by molar-refractivity contribution is 7.81. The average molecular weight is 167 g/mol. The molecule has 1 unspecified atom stereocenters. The van der Waals surface area contributed by atoms with Crippen molar-refractivity contribution < 1.29 is 4.79 Å². The number of nitrogens with zero attached hydrogens (tertiary/aromatic N) is 1. The lowest BCUT2D eigenvalue weighted by Crippen LogP contribution is -2.11. The van der Waals surface area contributed by atoms with E-state index in [1.54, 1.807) is 31.3 Å². The highest BCUT2D eigenvalue weighted by atomic mass is 32.1. The molecule has 0 N–H and O–H groups in total. The van der Waals surface area contributed by atoms with Crippen LogP contribution in [-0.2, 0) is 0 Å². The molecule has 0 aliphatic rings. The summed E-state index contributed by atoms with van der Waals surface area (Å²) in [6.45, 7) is 1.74. The fraction of sp³-hybridized carbons (Fsp3) is 0.250. The summed E-state index contributed by atoms with van der Waals surface area (Å²) >= 11 is 4.01. The van der Waals surface area contributed by atoms with E-state index in [1.165, 1.54) is 0 Å². The highest BCUT2D eigenvalue weighted by Crippen LogP contribution is 2.03. The Labute approximate surface area is 71.1 Å². The Balaban J connectivity index is 2.86. The number of hydrogen-bond acceptors (Lipinski definition) is 3. The lowest BCUT2D eigenvalue weighted by atomic mass is 10.2. The van der Waals surface area contributed by atoms with Crippen molar-refractivity contribution in [1.82, 2.24) is 4.98 Å². The Hall–Kier alpha value is -0.830. The van der Waals surface area contributed by atoms with E-state index in [4.69, 9.17) is 0 Å². The van der Waals surface area contributed by atoms with Gasteiger partial charge in [0.2, 0.25) is 0 Å². The van der Waals surface area contributed by atoms with Crippen molar-refractivity contribution in [3.8, 4) is 0 Å².